The van der Waals surface area contributed by atoms with Crippen molar-refractivity contribution in [2.75, 3.05) is 0 Å². The van der Waals surface area contributed by atoms with Crippen molar-refractivity contribution >= 4 is 27.8 Å². The fraction of sp³-hybridized carbons (Fsp3) is 0. The zero-order valence-corrected chi connectivity index (χ0v) is 12.6. The van der Waals surface area contributed by atoms with Crippen molar-refractivity contribution in [2.45, 2.75) is 0 Å². The van der Waals surface area contributed by atoms with Gasteiger partial charge < -0.3 is 96.7 Å². The third-order valence-electron chi connectivity index (χ3n) is 0. The summed E-state index contributed by atoms with van der Waals surface area (Å²) in [7, 11) is -5.17. The van der Waals surface area contributed by atoms with Crippen LogP contribution in [-0.4, -0.2) is 123 Å². The molecule has 0 amide bonds. The first-order chi connectivity index (χ1) is 2.00. The third kappa shape index (κ3) is 123000. The maximum absolute atomic E-state index is 8.52. The van der Waals surface area contributed by atoms with Crippen molar-refractivity contribution < 1.29 is 105 Å². The van der Waals surface area contributed by atoms with Crippen LogP contribution in [0.1, 0.15) is 0 Å². The first-order valence-electron chi connectivity index (χ1n) is 0.667. The molecule has 22 heteroatoms. The summed E-state index contributed by atoms with van der Waals surface area (Å²) in [4.78, 5) is 0. The smallest absolute Gasteiger partial charge is 0.759 e. The van der Waals surface area contributed by atoms with Gasteiger partial charge in [0, 0.05) is 10.4 Å². The van der Waals surface area contributed by atoms with Crippen LogP contribution in [0.2, 0.25) is 0 Å². The molecule has 0 aliphatic heterocycles. The van der Waals surface area contributed by atoms with Crippen LogP contribution >= 0.6 is 0 Å². The first kappa shape index (κ1) is 663. The number of rotatable bonds is 0. The van der Waals surface area contributed by atoms with Crippen molar-refractivity contribution in [3.63, 3.8) is 0 Å². The molecule has 0 aromatic carbocycles. The molecule has 0 atom stereocenters. The van der Waals surface area contributed by atoms with Crippen molar-refractivity contribution in [3.8, 4) is 0 Å². The predicted octanol–water partition coefficient (Wildman–Crippen LogP) is -14.9. The van der Waals surface area contributed by atoms with Crippen molar-refractivity contribution in [1.29, 1.82) is 0 Å². The molecular weight excluding hydrogens is 379 g/mol. The Morgan fingerprint density at radius 1 is 0.364 bits per heavy atom. The van der Waals surface area contributed by atoms with E-state index in [4.69, 9.17) is 17.5 Å². The van der Waals surface area contributed by atoms with Gasteiger partial charge in [0.15, 0.2) is 0 Å². The van der Waals surface area contributed by atoms with E-state index < -0.39 is 10.4 Å². The Morgan fingerprint density at radius 3 is 0.364 bits per heavy atom. The molecule has 0 fully saturated rings. The van der Waals surface area contributed by atoms with E-state index in [0.29, 0.717) is 0 Å². The third-order valence-corrected chi connectivity index (χ3v) is 0. The van der Waals surface area contributed by atoms with E-state index in [0.717, 1.165) is 0 Å². The summed E-state index contributed by atoms with van der Waals surface area (Å²) in [6.07, 6.45) is 0. The number of hydrogen-bond donors (Lipinski definition) is 0. The molecule has 0 aromatic heterocycles. The second kappa shape index (κ2) is 244. The summed E-state index contributed by atoms with van der Waals surface area (Å²) in [5, 5.41) is 0. The Hall–Kier alpha value is -0.238. The Kier molecular flexibility index (Phi) is 7360. The van der Waals surface area contributed by atoms with Crippen LogP contribution in [0.3, 0.4) is 0 Å². The summed E-state index contributed by atoms with van der Waals surface area (Å²) in [5.41, 5.74) is 0. The maximum Gasteiger partial charge on any atom is 3.00 e. The Balaban J connectivity index is -0.000000000588. The van der Waals surface area contributed by atoms with E-state index in [1.807, 2.05) is 0 Å². The van der Waals surface area contributed by atoms with Crippen LogP contribution in [0.5, 0.6) is 0 Å². The Morgan fingerprint density at radius 2 is 0.364 bits per heavy atom. The molecule has 160 valence electrons. The van der Waals surface area contributed by atoms with E-state index in [1.165, 1.54) is 0 Å². The van der Waals surface area contributed by atoms with Gasteiger partial charge in [-0.1, -0.05) is 0 Å². The fourth-order valence-corrected chi connectivity index (χ4v) is 0. The minimum atomic E-state index is -5.17. The Bertz CT molecular complexity index is 94.9. The van der Waals surface area contributed by atoms with Crippen LogP contribution in [-0.2, 0) is 10.4 Å². The predicted molar refractivity (Wildman–Crippen MR) is 74.0 cm³/mol. The molecule has 0 aliphatic carbocycles. The molecule has 0 rings (SSSR count). The van der Waals surface area contributed by atoms with Gasteiger partial charge in [0.1, 0.15) is 0 Å². The largest absolute Gasteiger partial charge is 3.00 e. The molecule has 32 N–H and O–H groups in total. The van der Waals surface area contributed by atoms with E-state index in [1.54, 1.807) is 0 Å². The van der Waals surface area contributed by atoms with E-state index in [9.17, 15) is 0 Å². The summed E-state index contributed by atoms with van der Waals surface area (Å²) in [6.45, 7) is 0. The second-order valence-electron chi connectivity index (χ2n) is 0.408. The van der Waals surface area contributed by atoms with Gasteiger partial charge in [-0.05, 0) is 0 Å². The molecule has 0 aliphatic rings. The molecule has 20 nitrogen and oxygen atoms in total. The zero-order chi connectivity index (χ0) is 4.50. The molecule has 0 radical (unpaired) electrons. The van der Waals surface area contributed by atoms with Crippen LogP contribution < -0.4 is 0 Å². The normalized spacial score (nSPS) is 2.64. The molecule has 0 saturated carbocycles. The second-order valence-corrected chi connectivity index (χ2v) is 1.22. The van der Waals surface area contributed by atoms with E-state index in [2.05, 4.69) is 0 Å². The van der Waals surface area contributed by atoms with Crippen molar-refractivity contribution in [3.05, 3.63) is 0 Å². The molecule has 0 unspecified atom stereocenters. The first-order valence-corrected chi connectivity index (χ1v) is 2.00. The van der Waals surface area contributed by atoms with Gasteiger partial charge in [0.05, 0.1) is 0 Å². The SMILES string of the molecule is O.O.O.O.O.O.O.O.O.O.O.O.O.O.O.O.O=S(=O)([O-])[O-].[Al+3]. The topological polar surface area (TPSA) is 584 Å². The fourth-order valence-electron chi connectivity index (χ4n) is 0. The zero-order valence-electron chi connectivity index (χ0n) is 10.6. The molecule has 0 saturated heterocycles. The molecular formula is H32AlO20S+. The van der Waals surface area contributed by atoms with Crippen molar-refractivity contribution in [1.82, 2.24) is 0 Å². The summed E-state index contributed by atoms with van der Waals surface area (Å²) >= 11 is 0. The van der Waals surface area contributed by atoms with Crippen LogP contribution in [0, 0.1) is 0 Å². The van der Waals surface area contributed by atoms with Crippen molar-refractivity contribution in [2.24, 2.45) is 0 Å². The molecule has 22 heavy (non-hydrogen) atoms. The molecule has 0 aromatic rings. The van der Waals surface area contributed by atoms with Crippen LogP contribution in [0.15, 0.2) is 0 Å². The minimum Gasteiger partial charge on any atom is -0.759 e. The van der Waals surface area contributed by atoms with Gasteiger partial charge >= 0.3 is 17.4 Å². The summed E-state index contributed by atoms with van der Waals surface area (Å²) < 4.78 is 34.1. The summed E-state index contributed by atoms with van der Waals surface area (Å²) in [5.74, 6) is 0. The van der Waals surface area contributed by atoms with Gasteiger partial charge in [-0.25, -0.2) is 0 Å². The van der Waals surface area contributed by atoms with Gasteiger partial charge in [0.2, 0.25) is 0 Å². The van der Waals surface area contributed by atoms with E-state index >= 15 is 0 Å². The quantitative estimate of drug-likeness (QED) is 0.212. The molecule has 0 heterocycles. The van der Waals surface area contributed by atoms with Crippen LogP contribution in [0.25, 0.3) is 0 Å². The van der Waals surface area contributed by atoms with Gasteiger partial charge in [-0.3, -0.25) is 8.42 Å². The van der Waals surface area contributed by atoms with Gasteiger partial charge in [0.25, 0.3) is 0 Å². The summed E-state index contributed by atoms with van der Waals surface area (Å²) in [6, 6.07) is 0. The van der Waals surface area contributed by atoms with E-state index in [-0.39, 0.29) is 105 Å². The standard InChI is InChI=1S/Al.H2O4S.16H2O/c;1-5(2,3)4;;;;;;;;;;;;;;;;/h;(H2,1,2,3,4);16*1H2/q+3;;;;;;;;;;;;;;;;;/p-2. The van der Waals surface area contributed by atoms with Gasteiger partial charge in [-0.15, -0.1) is 0 Å². The number of hydrogen-bond acceptors (Lipinski definition) is 4. The van der Waals surface area contributed by atoms with Gasteiger partial charge in [-0.2, -0.15) is 0 Å². The average Bonchev–Trinajstić information content (AvgIpc) is 0.722. The Labute approximate surface area is 134 Å². The molecule has 0 bridgehead atoms. The minimum absolute atomic E-state index is 0. The monoisotopic (exact) mass is 411 g/mol. The molecule has 0 spiro atoms. The average molecular weight is 411 g/mol. The van der Waals surface area contributed by atoms with Crippen LogP contribution in [0.4, 0.5) is 0 Å². The maximum atomic E-state index is 8.52.